The average Bonchev–Trinajstić information content (AvgIpc) is 2.42. The molecule has 0 atom stereocenters. The van der Waals surface area contributed by atoms with Gasteiger partial charge in [0.1, 0.15) is 0 Å². The first-order valence-electron chi connectivity index (χ1n) is 5.85. The molecule has 1 N–H and O–H groups in total. The van der Waals surface area contributed by atoms with Crippen molar-refractivity contribution in [2.24, 2.45) is 0 Å². The summed E-state index contributed by atoms with van der Waals surface area (Å²) in [7, 11) is 0. The van der Waals surface area contributed by atoms with Crippen molar-refractivity contribution in [2.75, 3.05) is 5.32 Å². The number of rotatable bonds is 4. The molecule has 0 spiro atoms. The largest absolute Gasteiger partial charge is 0.361 e. The molecule has 0 aliphatic carbocycles. The smallest absolute Gasteiger partial charge is 0.187 e. The van der Waals surface area contributed by atoms with Crippen LogP contribution in [0.4, 0.5) is 5.69 Å². The molecule has 90 valence electrons. The Kier molecular flexibility index (Phi) is 3.92. The van der Waals surface area contributed by atoms with E-state index in [1.54, 1.807) is 24.4 Å². The van der Waals surface area contributed by atoms with Crippen LogP contribution in [-0.2, 0) is 0 Å². The Bertz CT molecular complexity index is 558. The minimum atomic E-state index is -0.00307. The number of nitrogens with one attached hydrogen (secondary N) is 1. The highest BCUT2D eigenvalue weighted by Gasteiger charge is 1.99. The fourth-order valence-electron chi connectivity index (χ4n) is 1.64. The predicted molar refractivity (Wildman–Crippen MR) is 74.7 cm³/mol. The molecule has 0 amide bonds. The number of aryl methyl sites for hydroxylation is 1. The van der Waals surface area contributed by atoms with Crippen LogP contribution in [0.5, 0.6) is 0 Å². The van der Waals surface area contributed by atoms with Crippen LogP contribution < -0.4 is 5.32 Å². The molecule has 0 aliphatic heterocycles. The highest BCUT2D eigenvalue weighted by Crippen LogP contribution is 2.12. The fourth-order valence-corrected chi connectivity index (χ4v) is 1.64. The predicted octanol–water partition coefficient (Wildman–Crippen LogP) is 3.80. The van der Waals surface area contributed by atoms with Crippen molar-refractivity contribution >= 4 is 11.5 Å². The van der Waals surface area contributed by atoms with Crippen LogP contribution in [-0.4, -0.2) is 5.78 Å². The molecule has 0 aromatic heterocycles. The molecule has 0 unspecified atom stereocenters. The number of benzene rings is 2. The van der Waals surface area contributed by atoms with Crippen molar-refractivity contribution in [1.29, 1.82) is 0 Å². The van der Waals surface area contributed by atoms with Gasteiger partial charge in [-0.05, 0) is 18.6 Å². The highest BCUT2D eigenvalue weighted by atomic mass is 16.1. The van der Waals surface area contributed by atoms with E-state index < -0.39 is 0 Å². The molecule has 0 saturated carbocycles. The van der Waals surface area contributed by atoms with Crippen molar-refractivity contribution in [3.05, 3.63) is 78.0 Å². The molecule has 18 heavy (non-hydrogen) atoms. The summed E-state index contributed by atoms with van der Waals surface area (Å²) >= 11 is 0. The van der Waals surface area contributed by atoms with E-state index in [-0.39, 0.29) is 5.78 Å². The van der Waals surface area contributed by atoms with Crippen LogP contribution in [0.25, 0.3) is 0 Å². The van der Waals surface area contributed by atoms with Crippen LogP contribution >= 0.6 is 0 Å². The van der Waals surface area contributed by atoms with E-state index in [1.807, 2.05) is 49.4 Å². The zero-order valence-corrected chi connectivity index (χ0v) is 10.3. The summed E-state index contributed by atoms with van der Waals surface area (Å²) in [5.74, 6) is -0.00307. The third kappa shape index (κ3) is 3.08. The lowest BCUT2D eigenvalue weighted by molar-refractivity contribution is 0.104. The highest BCUT2D eigenvalue weighted by molar-refractivity contribution is 6.04. The summed E-state index contributed by atoms with van der Waals surface area (Å²) in [4.78, 5) is 11.8. The molecule has 0 heterocycles. The Hall–Kier alpha value is -2.35. The van der Waals surface area contributed by atoms with E-state index in [9.17, 15) is 4.79 Å². The van der Waals surface area contributed by atoms with Crippen LogP contribution in [0.2, 0.25) is 0 Å². The molecule has 2 aromatic rings. The number of carbonyl (C=O) groups excluding carboxylic acids is 1. The quantitative estimate of drug-likeness (QED) is 0.647. The van der Waals surface area contributed by atoms with Gasteiger partial charge in [-0.25, -0.2) is 0 Å². The summed E-state index contributed by atoms with van der Waals surface area (Å²) in [5.41, 5.74) is 2.85. The van der Waals surface area contributed by atoms with Gasteiger partial charge in [0.25, 0.3) is 0 Å². The molecule has 2 heteroatoms. The van der Waals surface area contributed by atoms with E-state index in [0.29, 0.717) is 5.56 Å². The molecule has 0 fully saturated rings. The van der Waals surface area contributed by atoms with Gasteiger partial charge in [-0.15, -0.1) is 0 Å². The lowest BCUT2D eigenvalue weighted by atomic mass is 10.1. The summed E-state index contributed by atoms with van der Waals surface area (Å²) in [6, 6.07) is 17.2. The van der Waals surface area contributed by atoms with Gasteiger partial charge in [-0.3, -0.25) is 4.79 Å². The van der Waals surface area contributed by atoms with Gasteiger partial charge in [-0.2, -0.15) is 0 Å². The number of hydrogen-bond acceptors (Lipinski definition) is 2. The third-order valence-corrected chi connectivity index (χ3v) is 2.68. The topological polar surface area (TPSA) is 29.1 Å². The maximum absolute atomic E-state index is 11.8. The standard InChI is InChI=1S/C16H15NO/c1-13-7-5-6-10-15(13)17-12-11-16(18)14-8-3-2-4-9-14/h2-12,17H,1H3. The van der Waals surface area contributed by atoms with E-state index in [4.69, 9.17) is 0 Å². The van der Waals surface area contributed by atoms with Crippen molar-refractivity contribution in [2.45, 2.75) is 6.92 Å². The van der Waals surface area contributed by atoms with Crippen LogP contribution in [0.3, 0.4) is 0 Å². The second-order valence-corrected chi connectivity index (χ2v) is 4.02. The maximum atomic E-state index is 11.8. The van der Waals surface area contributed by atoms with Gasteiger partial charge in [0.2, 0.25) is 0 Å². The Morgan fingerprint density at radius 3 is 2.39 bits per heavy atom. The van der Waals surface area contributed by atoms with E-state index in [2.05, 4.69) is 5.32 Å². The number of allylic oxidation sites excluding steroid dienone is 1. The summed E-state index contributed by atoms with van der Waals surface area (Å²) in [5, 5.41) is 3.11. The van der Waals surface area contributed by atoms with Gasteiger partial charge in [0.15, 0.2) is 5.78 Å². The van der Waals surface area contributed by atoms with E-state index in [0.717, 1.165) is 11.3 Å². The monoisotopic (exact) mass is 237 g/mol. The molecular weight excluding hydrogens is 222 g/mol. The normalized spacial score (nSPS) is 10.5. The number of hydrogen-bond donors (Lipinski definition) is 1. The maximum Gasteiger partial charge on any atom is 0.187 e. The minimum Gasteiger partial charge on any atom is -0.361 e. The molecule has 0 aliphatic rings. The van der Waals surface area contributed by atoms with Crippen LogP contribution in [0, 0.1) is 6.92 Å². The summed E-state index contributed by atoms with van der Waals surface area (Å²) < 4.78 is 0. The molecule has 0 saturated heterocycles. The molecular formula is C16H15NO. The average molecular weight is 237 g/mol. The lowest BCUT2D eigenvalue weighted by Gasteiger charge is -2.03. The first kappa shape index (κ1) is 12.1. The van der Waals surface area contributed by atoms with Crippen LogP contribution in [0.1, 0.15) is 15.9 Å². The van der Waals surface area contributed by atoms with Gasteiger partial charge >= 0.3 is 0 Å². The van der Waals surface area contributed by atoms with Gasteiger partial charge in [0.05, 0.1) is 0 Å². The number of ketones is 1. The number of carbonyl (C=O) groups is 1. The summed E-state index contributed by atoms with van der Waals surface area (Å²) in [6.07, 6.45) is 3.22. The first-order chi connectivity index (χ1) is 8.77. The molecule has 2 rings (SSSR count). The zero-order chi connectivity index (χ0) is 12.8. The first-order valence-corrected chi connectivity index (χ1v) is 5.85. The van der Waals surface area contributed by atoms with Crippen molar-refractivity contribution in [1.82, 2.24) is 0 Å². The Morgan fingerprint density at radius 1 is 1.00 bits per heavy atom. The molecule has 0 bridgehead atoms. The third-order valence-electron chi connectivity index (χ3n) is 2.68. The molecule has 2 nitrogen and oxygen atoms in total. The molecule has 0 radical (unpaired) electrons. The van der Waals surface area contributed by atoms with Gasteiger partial charge < -0.3 is 5.32 Å². The zero-order valence-electron chi connectivity index (χ0n) is 10.3. The Balaban J connectivity index is 2.01. The van der Waals surface area contributed by atoms with Gasteiger partial charge in [-0.1, -0.05) is 48.5 Å². The fraction of sp³-hybridized carbons (Fsp3) is 0.0625. The van der Waals surface area contributed by atoms with Crippen molar-refractivity contribution < 1.29 is 4.79 Å². The summed E-state index contributed by atoms with van der Waals surface area (Å²) in [6.45, 7) is 2.02. The van der Waals surface area contributed by atoms with Crippen LogP contribution in [0.15, 0.2) is 66.9 Å². The number of anilines is 1. The van der Waals surface area contributed by atoms with Gasteiger partial charge in [0, 0.05) is 23.5 Å². The van der Waals surface area contributed by atoms with Crippen molar-refractivity contribution in [3.8, 4) is 0 Å². The SMILES string of the molecule is Cc1ccccc1NC=CC(=O)c1ccccc1. The Labute approximate surface area is 107 Å². The van der Waals surface area contributed by atoms with Crippen molar-refractivity contribution in [3.63, 3.8) is 0 Å². The Morgan fingerprint density at radius 2 is 1.67 bits per heavy atom. The molecule has 2 aromatic carbocycles. The second-order valence-electron chi connectivity index (χ2n) is 4.02. The van der Waals surface area contributed by atoms with E-state index >= 15 is 0 Å². The second kappa shape index (κ2) is 5.82. The number of para-hydroxylation sites is 1. The van der Waals surface area contributed by atoms with E-state index in [1.165, 1.54) is 0 Å². The lowest BCUT2D eigenvalue weighted by Crippen LogP contribution is -1.96. The minimum absolute atomic E-state index is 0.00307.